The minimum Gasteiger partial charge on any atom is -0.450 e. The Morgan fingerprint density at radius 2 is 2.14 bits per heavy atom. The van der Waals surface area contributed by atoms with Gasteiger partial charge in [0.1, 0.15) is 0 Å². The van der Waals surface area contributed by atoms with Crippen LogP contribution in [0.5, 0.6) is 0 Å². The SMILES string of the molecule is CCOC(=O)N1CCc2c(c3cc(Br)ccc3n2CCc2ccc(C)nc2)C1. The van der Waals surface area contributed by atoms with Crippen molar-refractivity contribution in [2.75, 3.05) is 13.2 Å². The van der Waals surface area contributed by atoms with Crippen LogP contribution in [0.15, 0.2) is 41.0 Å². The number of amides is 1. The van der Waals surface area contributed by atoms with E-state index in [1.54, 1.807) is 4.90 Å². The fraction of sp³-hybridized carbons (Fsp3) is 0.364. The van der Waals surface area contributed by atoms with Gasteiger partial charge in [0.05, 0.1) is 13.2 Å². The highest BCUT2D eigenvalue weighted by atomic mass is 79.9. The molecule has 1 aliphatic heterocycles. The van der Waals surface area contributed by atoms with E-state index < -0.39 is 0 Å². The van der Waals surface area contributed by atoms with Crippen LogP contribution >= 0.6 is 15.9 Å². The number of pyridine rings is 1. The van der Waals surface area contributed by atoms with Crippen LogP contribution in [0.1, 0.15) is 29.4 Å². The van der Waals surface area contributed by atoms with Gasteiger partial charge in [0.25, 0.3) is 0 Å². The number of carbonyl (C=O) groups is 1. The van der Waals surface area contributed by atoms with Crippen molar-refractivity contribution in [1.29, 1.82) is 0 Å². The lowest BCUT2D eigenvalue weighted by Crippen LogP contribution is -2.36. The van der Waals surface area contributed by atoms with E-state index in [4.69, 9.17) is 4.74 Å². The molecule has 0 saturated heterocycles. The molecular formula is C22H24BrN3O2. The summed E-state index contributed by atoms with van der Waals surface area (Å²) >= 11 is 3.60. The van der Waals surface area contributed by atoms with Crippen LogP contribution in [-0.2, 0) is 30.7 Å². The fourth-order valence-electron chi connectivity index (χ4n) is 3.94. The van der Waals surface area contributed by atoms with E-state index in [1.165, 1.54) is 27.7 Å². The number of benzene rings is 1. The molecule has 1 aromatic carbocycles. The molecule has 4 rings (SSSR count). The Morgan fingerprint density at radius 1 is 1.29 bits per heavy atom. The Morgan fingerprint density at radius 3 is 2.89 bits per heavy atom. The van der Waals surface area contributed by atoms with Gasteiger partial charge >= 0.3 is 6.09 Å². The molecule has 0 spiro atoms. The predicted molar refractivity (Wildman–Crippen MR) is 113 cm³/mol. The van der Waals surface area contributed by atoms with Gasteiger partial charge in [-0.05, 0) is 50.1 Å². The molecule has 0 fully saturated rings. The fourth-order valence-corrected chi connectivity index (χ4v) is 4.30. The Labute approximate surface area is 173 Å². The van der Waals surface area contributed by atoms with Crippen LogP contribution in [0, 0.1) is 6.92 Å². The Balaban J connectivity index is 1.68. The highest BCUT2D eigenvalue weighted by Crippen LogP contribution is 2.33. The Bertz CT molecular complexity index is 1010. The van der Waals surface area contributed by atoms with Crippen LogP contribution in [0.2, 0.25) is 0 Å². The highest BCUT2D eigenvalue weighted by Gasteiger charge is 2.27. The molecule has 0 atom stereocenters. The number of aryl methyl sites for hydroxylation is 3. The second-order valence-corrected chi connectivity index (χ2v) is 8.08. The van der Waals surface area contributed by atoms with E-state index in [9.17, 15) is 4.79 Å². The first-order chi connectivity index (χ1) is 13.6. The normalized spacial score (nSPS) is 13.6. The molecule has 0 saturated carbocycles. The summed E-state index contributed by atoms with van der Waals surface area (Å²) in [6.07, 6.45) is 3.51. The lowest BCUT2D eigenvalue weighted by Gasteiger charge is -2.27. The number of rotatable bonds is 4. The first-order valence-corrected chi connectivity index (χ1v) is 10.5. The van der Waals surface area contributed by atoms with Crippen molar-refractivity contribution in [3.8, 4) is 0 Å². The van der Waals surface area contributed by atoms with Crippen molar-refractivity contribution in [3.05, 3.63) is 63.5 Å². The number of fused-ring (bicyclic) bond motifs is 3. The molecule has 0 radical (unpaired) electrons. The van der Waals surface area contributed by atoms with Crippen molar-refractivity contribution in [3.63, 3.8) is 0 Å². The molecule has 0 N–H and O–H groups in total. The first kappa shape index (κ1) is 19.0. The third-order valence-corrected chi connectivity index (χ3v) is 5.83. The summed E-state index contributed by atoms with van der Waals surface area (Å²) < 4.78 is 8.69. The summed E-state index contributed by atoms with van der Waals surface area (Å²) in [4.78, 5) is 18.5. The van der Waals surface area contributed by atoms with Gasteiger partial charge in [0.2, 0.25) is 0 Å². The molecule has 0 bridgehead atoms. The van der Waals surface area contributed by atoms with Crippen LogP contribution in [0.25, 0.3) is 10.9 Å². The number of hydrogen-bond donors (Lipinski definition) is 0. The van der Waals surface area contributed by atoms with E-state index in [-0.39, 0.29) is 6.09 Å². The smallest absolute Gasteiger partial charge is 0.410 e. The lowest BCUT2D eigenvalue weighted by atomic mass is 10.0. The minimum absolute atomic E-state index is 0.227. The average molecular weight is 442 g/mol. The quantitative estimate of drug-likeness (QED) is 0.580. The summed E-state index contributed by atoms with van der Waals surface area (Å²) in [6.45, 7) is 6.44. The topological polar surface area (TPSA) is 47.4 Å². The summed E-state index contributed by atoms with van der Waals surface area (Å²) in [5, 5.41) is 1.21. The van der Waals surface area contributed by atoms with Crippen molar-refractivity contribution in [2.45, 2.75) is 39.8 Å². The largest absolute Gasteiger partial charge is 0.450 e. The predicted octanol–water partition coefficient (Wildman–Crippen LogP) is 4.86. The van der Waals surface area contributed by atoms with E-state index in [2.05, 4.69) is 55.8 Å². The zero-order chi connectivity index (χ0) is 19.7. The van der Waals surface area contributed by atoms with Gasteiger partial charge in [-0.15, -0.1) is 0 Å². The van der Waals surface area contributed by atoms with E-state index >= 15 is 0 Å². The van der Waals surface area contributed by atoms with E-state index in [0.717, 1.165) is 29.6 Å². The van der Waals surface area contributed by atoms with Gasteiger partial charge in [0, 0.05) is 58.0 Å². The van der Waals surface area contributed by atoms with Gasteiger partial charge in [0.15, 0.2) is 0 Å². The molecule has 6 heteroatoms. The minimum atomic E-state index is -0.227. The molecule has 1 aliphatic rings. The van der Waals surface area contributed by atoms with Gasteiger partial charge in [-0.25, -0.2) is 4.79 Å². The van der Waals surface area contributed by atoms with E-state index in [1.807, 2.05) is 20.0 Å². The zero-order valence-corrected chi connectivity index (χ0v) is 17.8. The standard InChI is InChI=1S/C22H24BrN3O2/c1-3-28-22(27)25-10-9-21-19(14-25)18-12-17(23)6-7-20(18)26(21)11-8-16-5-4-15(2)24-13-16/h4-7,12-13H,3,8-11,14H2,1-2H3. The van der Waals surface area contributed by atoms with Gasteiger partial charge in [-0.1, -0.05) is 22.0 Å². The molecule has 0 aliphatic carbocycles. The van der Waals surface area contributed by atoms with Crippen molar-refractivity contribution in [1.82, 2.24) is 14.5 Å². The third kappa shape index (κ3) is 3.65. The molecule has 0 unspecified atom stereocenters. The van der Waals surface area contributed by atoms with Gasteiger partial charge in [-0.3, -0.25) is 4.98 Å². The van der Waals surface area contributed by atoms with Crippen molar-refractivity contribution < 1.29 is 9.53 Å². The molecular weight excluding hydrogens is 418 g/mol. The van der Waals surface area contributed by atoms with Crippen LogP contribution in [0.3, 0.4) is 0 Å². The Kier molecular flexibility index (Phi) is 5.40. The maximum absolute atomic E-state index is 12.2. The molecule has 146 valence electrons. The second-order valence-electron chi connectivity index (χ2n) is 7.17. The van der Waals surface area contributed by atoms with Gasteiger partial charge in [-0.2, -0.15) is 0 Å². The maximum atomic E-state index is 12.2. The molecule has 1 amide bonds. The number of nitrogens with zero attached hydrogens (tertiary/aromatic N) is 3. The highest BCUT2D eigenvalue weighted by molar-refractivity contribution is 9.10. The number of halogens is 1. The lowest BCUT2D eigenvalue weighted by molar-refractivity contribution is 0.102. The van der Waals surface area contributed by atoms with Gasteiger partial charge < -0.3 is 14.2 Å². The summed E-state index contributed by atoms with van der Waals surface area (Å²) in [5.41, 5.74) is 6.06. The zero-order valence-electron chi connectivity index (χ0n) is 16.2. The van der Waals surface area contributed by atoms with E-state index in [0.29, 0.717) is 19.7 Å². The number of aromatic nitrogens is 2. The number of carbonyl (C=O) groups excluding carboxylic acids is 1. The van der Waals surface area contributed by atoms with Crippen LogP contribution < -0.4 is 0 Å². The molecule has 3 heterocycles. The molecule has 3 aromatic rings. The molecule has 5 nitrogen and oxygen atoms in total. The Hall–Kier alpha value is -2.34. The van der Waals surface area contributed by atoms with Crippen molar-refractivity contribution in [2.24, 2.45) is 0 Å². The summed E-state index contributed by atoms with van der Waals surface area (Å²) in [5.74, 6) is 0. The summed E-state index contributed by atoms with van der Waals surface area (Å²) in [6, 6.07) is 10.6. The average Bonchev–Trinajstić information content (AvgIpc) is 3.00. The molecule has 2 aromatic heterocycles. The second kappa shape index (κ2) is 7.95. The number of ether oxygens (including phenoxy) is 1. The third-order valence-electron chi connectivity index (χ3n) is 5.34. The number of hydrogen-bond acceptors (Lipinski definition) is 3. The molecule has 28 heavy (non-hydrogen) atoms. The first-order valence-electron chi connectivity index (χ1n) is 9.69. The van der Waals surface area contributed by atoms with Crippen LogP contribution in [0.4, 0.5) is 4.79 Å². The monoisotopic (exact) mass is 441 g/mol. The maximum Gasteiger partial charge on any atom is 0.410 e. The van der Waals surface area contributed by atoms with Crippen molar-refractivity contribution >= 4 is 32.9 Å². The summed E-state index contributed by atoms with van der Waals surface area (Å²) in [7, 11) is 0. The van der Waals surface area contributed by atoms with Crippen LogP contribution in [-0.4, -0.2) is 33.7 Å².